The second-order valence-electron chi connectivity index (χ2n) is 4.97. The van der Waals surface area contributed by atoms with Gasteiger partial charge in [0, 0.05) is 0 Å². The molecule has 22 heavy (non-hydrogen) atoms. The van der Waals surface area contributed by atoms with Crippen molar-refractivity contribution in [2.75, 3.05) is 13.2 Å². The van der Waals surface area contributed by atoms with Crippen molar-refractivity contribution in [2.45, 2.75) is 11.9 Å². The van der Waals surface area contributed by atoms with Crippen LogP contribution in [-0.4, -0.2) is 27.7 Å². The predicted molar refractivity (Wildman–Crippen MR) is 81.4 cm³/mol. The molecule has 1 aliphatic rings. The van der Waals surface area contributed by atoms with Crippen molar-refractivity contribution in [3.63, 3.8) is 0 Å². The van der Waals surface area contributed by atoms with Gasteiger partial charge in [-0.15, -0.1) is 0 Å². The SMILES string of the molecule is O=S(=O)(Cc1ccccc1)OCC1COc2ccccc2O1. The van der Waals surface area contributed by atoms with Crippen LogP contribution in [0.4, 0.5) is 0 Å². The number of hydrogen-bond donors (Lipinski definition) is 0. The van der Waals surface area contributed by atoms with Crippen molar-refractivity contribution in [1.29, 1.82) is 0 Å². The summed E-state index contributed by atoms with van der Waals surface area (Å²) in [5.41, 5.74) is 0.689. The van der Waals surface area contributed by atoms with Crippen LogP contribution < -0.4 is 9.47 Å². The van der Waals surface area contributed by atoms with E-state index in [4.69, 9.17) is 13.7 Å². The van der Waals surface area contributed by atoms with Crippen LogP contribution in [0.15, 0.2) is 54.6 Å². The highest BCUT2D eigenvalue weighted by Crippen LogP contribution is 2.31. The average Bonchev–Trinajstić information content (AvgIpc) is 2.53. The molecule has 0 spiro atoms. The van der Waals surface area contributed by atoms with Gasteiger partial charge in [-0.2, -0.15) is 8.42 Å². The lowest BCUT2D eigenvalue weighted by atomic mass is 10.2. The van der Waals surface area contributed by atoms with E-state index in [0.717, 1.165) is 0 Å². The summed E-state index contributed by atoms with van der Waals surface area (Å²) in [6.07, 6.45) is -0.444. The summed E-state index contributed by atoms with van der Waals surface area (Å²) in [5.74, 6) is 1.10. The van der Waals surface area contributed by atoms with Crippen molar-refractivity contribution in [3.8, 4) is 11.5 Å². The quantitative estimate of drug-likeness (QED) is 0.792. The van der Waals surface area contributed by atoms with E-state index in [1.807, 2.05) is 18.2 Å². The van der Waals surface area contributed by atoms with Gasteiger partial charge in [0.25, 0.3) is 10.1 Å². The summed E-state index contributed by atoms with van der Waals surface area (Å²) < 4.78 is 40.2. The predicted octanol–water partition coefficient (Wildman–Crippen LogP) is 2.37. The molecule has 3 rings (SSSR count). The Morgan fingerprint density at radius 1 is 1.00 bits per heavy atom. The van der Waals surface area contributed by atoms with Crippen molar-refractivity contribution < 1.29 is 22.1 Å². The normalized spacial score (nSPS) is 17.2. The summed E-state index contributed by atoms with van der Waals surface area (Å²) in [6, 6.07) is 16.2. The molecule has 1 aliphatic heterocycles. The first-order valence-corrected chi connectivity index (χ1v) is 8.50. The summed E-state index contributed by atoms with van der Waals surface area (Å²) in [5, 5.41) is 0. The molecule has 1 heterocycles. The molecule has 0 N–H and O–H groups in total. The highest BCUT2D eigenvalue weighted by Gasteiger charge is 2.23. The zero-order valence-corrected chi connectivity index (χ0v) is 12.7. The molecular formula is C16H16O5S. The van der Waals surface area contributed by atoms with Crippen molar-refractivity contribution in [1.82, 2.24) is 0 Å². The van der Waals surface area contributed by atoms with Crippen molar-refractivity contribution in [2.24, 2.45) is 0 Å². The molecule has 2 aromatic carbocycles. The first-order valence-electron chi connectivity index (χ1n) is 6.92. The zero-order chi connectivity index (χ0) is 15.4. The van der Waals surface area contributed by atoms with E-state index in [1.54, 1.807) is 36.4 Å². The Morgan fingerprint density at radius 2 is 1.68 bits per heavy atom. The Morgan fingerprint density at radius 3 is 2.45 bits per heavy atom. The van der Waals surface area contributed by atoms with Gasteiger partial charge in [-0.1, -0.05) is 42.5 Å². The highest BCUT2D eigenvalue weighted by atomic mass is 32.2. The maximum atomic E-state index is 12.0. The number of para-hydroxylation sites is 2. The third-order valence-electron chi connectivity index (χ3n) is 3.19. The monoisotopic (exact) mass is 320 g/mol. The lowest BCUT2D eigenvalue weighted by Gasteiger charge is -2.25. The molecule has 0 fully saturated rings. The van der Waals surface area contributed by atoms with Gasteiger partial charge in [-0.05, 0) is 17.7 Å². The van der Waals surface area contributed by atoms with Gasteiger partial charge in [0.05, 0.1) is 0 Å². The largest absolute Gasteiger partial charge is 0.486 e. The molecule has 0 saturated carbocycles. The molecule has 1 unspecified atom stereocenters. The van der Waals surface area contributed by atoms with Gasteiger partial charge in [-0.25, -0.2) is 0 Å². The summed E-state index contributed by atoms with van der Waals surface area (Å²) in [4.78, 5) is 0. The summed E-state index contributed by atoms with van der Waals surface area (Å²) in [6.45, 7) is 0.196. The Kier molecular flexibility index (Phi) is 4.31. The fourth-order valence-corrected chi connectivity index (χ4v) is 3.19. The minimum atomic E-state index is -3.65. The minimum Gasteiger partial charge on any atom is -0.486 e. The first kappa shape index (κ1) is 14.9. The topological polar surface area (TPSA) is 61.8 Å². The maximum Gasteiger partial charge on any atom is 0.271 e. The molecule has 6 heteroatoms. The van der Waals surface area contributed by atoms with E-state index in [9.17, 15) is 8.42 Å². The molecule has 0 aromatic heterocycles. The molecule has 2 aromatic rings. The second kappa shape index (κ2) is 6.37. The molecule has 0 aliphatic carbocycles. The molecule has 116 valence electrons. The highest BCUT2D eigenvalue weighted by molar-refractivity contribution is 7.85. The Balaban J connectivity index is 1.57. The maximum absolute atomic E-state index is 12.0. The molecule has 0 saturated heterocycles. The standard InChI is InChI=1S/C16H16O5S/c17-22(18,12-13-6-2-1-3-7-13)20-11-14-10-19-15-8-4-5-9-16(15)21-14/h1-9,14H,10-12H2. The van der Waals surface area contributed by atoms with Gasteiger partial charge in [-0.3, -0.25) is 4.18 Å². The minimum absolute atomic E-state index is 0.0660. The van der Waals surface area contributed by atoms with Crippen LogP contribution in [0, 0.1) is 0 Å². The van der Waals surface area contributed by atoms with Gasteiger partial charge >= 0.3 is 0 Å². The average molecular weight is 320 g/mol. The Hall–Kier alpha value is -2.05. The number of hydrogen-bond acceptors (Lipinski definition) is 5. The van der Waals surface area contributed by atoms with E-state index in [2.05, 4.69) is 0 Å². The van der Waals surface area contributed by atoms with Gasteiger partial charge < -0.3 is 9.47 Å². The van der Waals surface area contributed by atoms with E-state index >= 15 is 0 Å². The molecule has 1 atom stereocenters. The third-order valence-corrected chi connectivity index (χ3v) is 4.37. The first-order chi connectivity index (χ1) is 10.6. The van der Waals surface area contributed by atoms with E-state index in [1.165, 1.54) is 0 Å². The number of fused-ring (bicyclic) bond motifs is 1. The van der Waals surface area contributed by atoms with Crippen molar-refractivity contribution >= 4 is 10.1 Å². The zero-order valence-electron chi connectivity index (χ0n) is 11.8. The van der Waals surface area contributed by atoms with Gasteiger partial charge in [0.1, 0.15) is 19.0 Å². The molecule has 5 nitrogen and oxygen atoms in total. The van der Waals surface area contributed by atoms with E-state index in [-0.39, 0.29) is 19.0 Å². The number of rotatable bonds is 5. The lowest BCUT2D eigenvalue weighted by molar-refractivity contribution is 0.0554. The van der Waals surface area contributed by atoms with E-state index < -0.39 is 16.2 Å². The Labute approximate surface area is 129 Å². The summed E-state index contributed by atoms with van der Waals surface area (Å²) in [7, 11) is -3.65. The number of benzene rings is 2. The van der Waals surface area contributed by atoms with Crippen LogP contribution in [0.1, 0.15) is 5.56 Å². The second-order valence-corrected chi connectivity index (χ2v) is 6.61. The molecule has 0 amide bonds. The smallest absolute Gasteiger partial charge is 0.271 e. The van der Waals surface area contributed by atoms with Crippen LogP contribution in [0.2, 0.25) is 0 Å². The number of ether oxygens (including phenoxy) is 2. The molecule has 0 bridgehead atoms. The van der Waals surface area contributed by atoms with Crippen LogP contribution in [0.25, 0.3) is 0 Å². The van der Waals surface area contributed by atoms with Crippen LogP contribution in [0.5, 0.6) is 11.5 Å². The van der Waals surface area contributed by atoms with Crippen LogP contribution in [-0.2, 0) is 20.1 Å². The molecular weight excluding hydrogens is 304 g/mol. The van der Waals surface area contributed by atoms with E-state index in [0.29, 0.717) is 17.1 Å². The lowest BCUT2D eigenvalue weighted by Crippen LogP contribution is -2.34. The third kappa shape index (κ3) is 3.78. The molecule has 0 radical (unpaired) electrons. The summed E-state index contributed by atoms with van der Waals surface area (Å²) >= 11 is 0. The van der Waals surface area contributed by atoms with Gasteiger partial charge in [0.15, 0.2) is 17.6 Å². The van der Waals surface area contributed by atoms with Crippen LogP contribution >= 0.6 is 0 Å². The fourth-order valence-electron chi connectivity index (χ4n) is 2.14. The van der Waals surface area contributed by atoms with Crippen LogP contribution in [0.3, 0.4) is 0 Å². The van der Waals surface area contributed by atoms with Gasteiger partial charge in [0.2, 0.25) is 0 Å². The Bertz CT molecular complexity index is 727. The fraction of sp³-hybridized carbons (Fsp3) is 0.250. The van der Waals surface area contributed by atoms with Crippen molar-refractivity contribution in [3.05, 3.63) is 60.2 Å².